The van der Waals surface area contributed by atoms with Crippen molar-refractivity contribution in [1.82, 2.24) is 24.5 Å². The lowest BCUT2D eigenvalue weighted by atomic mass is 10.2. The number of fused-ring (bicyclic) bond motifs is 1. The van der Waals surface area contributed by atoms with Gasteiger partial charge in [-0.25, -0.2) is 28.4 Å². The Balaban J connectivity index is 1.79. The molecule has 0 atom stereocenters. The van der Waals surface area contributed by atoms with E-state index >= 15 is 0 Å². The van der Waals surface area contributed by atoms with Crippen LogP contribution in [0.2, 0.25) is 0 Å². The second-order valence-electron chi connectivity index (χ2n) is 6.89. The Bertz CT molecular complexity index is 1080. The molecule has 0 radical (unpaired) electrons. The van der Waals surface area contributed by atoms with E-state index in [9.17, 15) is 8.42 Å². The van der Waals surface area contributed by atoms with Gasteiger partial charge in [0, 0.05) is 31.1 Å². The standard InChI is InChI=1S/C19H26N6O2S/c1-4-8-15-24-16-17(13(2)14(3)23-18(16)20)25(15)11-5-6-12-28(26,27)19-21-9-7-10-22-19/h7,9-10H,4-6,8,11-12H2,1-3H3,(H2,20,23). The Morgan fingerprint density at radius 2 is 1.82 bits per heavy atom. The van der Waals surface area contributed by atoms with Crippen LogP contribution < -0.4 is 5.73 Å². The minimum Gasteiger partial charge on any atom is -0.382 e. The molecule has 0 unspecified atom stereocenters. The maximum Gasteiger partial charge on any atom is 0.246 e. The fourth-order valence-electron chi connectivity index (χ4n) is 3.30. The number of sulfone groups is 1. The molecule has 3 rings (SSSR count). The molecule has 2 N–H and O–H groups in total. The van der Waals surface area contributed by atoms with Crippen LogP contribution in [0.5, 0.6) is 0 Å². The highest BCUT2D eigenvalue weighted by atomic mass is 32.2. The van der Waals surface area contributed by atoms with Crippen molar-refractivity contribution in [1.29, 1.82) is 0 Å². The van der Waals surface area contributed by atoms with Crippen molar-refractivity contribution in [3.05, 3.63) is 35.5 Å². The molecule has 0 spiro atoms. The normalized spacial score (nSPS) is 12.0. The number of pyridine rings is 1. The maximum absolute atomic E-state index is 12.3. The molecule has 0 aliphatic carbocycles. The van der Waals surface area contributed by atoms with E-state index in [4.69, 9.17) is 10.7 Å². The SMILES string of the molecule is CCCc1nc2c(N)nc(C)c(C)c2n1CCCCS(=O)(=O)c1ncccn1. The largest absolute Gasteiger partial charge is 0.382 e. The number of hydrogen-bond donors (Lipinski definition) is 1. The van der Waals surface area contributed by atoms with E-state index in [2.05, 4.69) is 26.4 Å². The molecule has 0 saturated heterocycles. The van der Waals surface area contributed by atoms with Gasteiger partial charge in [0.15, 0.2) is 5.82 Å². The number of anilines is 1. The number of unbranched alkanes of at least 4 members (excludes halogenated alkanes) is 1. The number of rotatable bonds is 8. The summed E-state index contributed by atoms with van der Waals surface area (Å²) in [6.45, 7) is 6.75. The Labute approximate surface area is 165 Å². The number of aromatic nitrogens is 5. The minimum atomic E-state index is -3.46. The third-order valence-corrected chi connectivity index (χ3v) is 6.41. The second-order valence-corrected chi connectivity index (χ2v) is 8.89. The smallest absolute Gasteiger partial charge is 0.246 e. The molecule has 0 aliphatic heterocycles. The molecule has 150 valence electrons. The molecule has 0 aliphatic rings. The van der Waals surface area contributed by atoms with Gasteiger partial charge in [0.1, 0.15) is 11.3 Å². The Hall–Kier alpha value is -2.55. The zero-order chi connectivity index (χ0) is 20.3. The molecule has 0 saturated carbocycles. The van der Waals surface area contributed by atoms with Crippen molar-refractivity contribution >= 4 is 26.7 Å². The van der Waals surface area contributed by atoms with Crippen LogP contribution in [0, 0.1) is 13.8 Å². The predicted molar refractivity (Wildman–Crippen MR) is 109 cm³/mol. The van der Waals surface area contributed by atoms with Crippen molar-refractivity contribution in [2.45, 2.75) is 58.2 Å². The van der Waals surface area contributed by atoms with Crippen molar-refractivity contribution in [2.24, 2.45) is 0 Å². The lowest BCUT2D eigenvalue weighted by Crippen LogP contribution is -2.12. The summed E-state index contributed by atoms with van der Waals surface area (Å²) >= 11 is 0. The maximum atomic E-state index is 12.3. The highest BCUT2D eigenvalue weighted by molar-refractivity contribution is 7.91. The number of imidazole rings is 1. The third-order valence-electron chi connectivity index (χ3n) is 4.81. The third kappa shape index (κ3) is 3.99. The van der Waals surface area contributed by atoms with Gasteiger partial charge in [-0.3, -0.25) is 0 Å². The predicted octanol–water partition coefficient (Wildman–Crippen LogP) is 2.63. The zero-order valence-corrected chi connectivity index (χ0v) is 17.3. The van der Waals surface area contributed by atoms with E-state index in [1.165, 1.54) is 12.4 Å². The number of nitrogens with zero attached hydrogens (tertiary/aromatic N) is 5. The lowest BCUT2D eigenvalue weighted by molar-refractivity contribution is 0.572. The Kier molecular flexibility index (Phi) is 5.93. The van der Waals surface area contributed by atoms with E-state index < -0.39 is 9.84 Å². The zero-order valence-electron chi connectivity index (χ0n) is 16.5. The average Bonchev–Trinajstić information content (AvgIpc) is 3.03. The monoisotopic (exact) mass is 402 g/mol. The van der Waals surface area contributed by atoms with E-state index in [0.29, 0.717) is 25.2 Å². The summed E-state index contributed by atoms with van der Waals surface area (Å²) in [4.78, 5) is 16.8. The van der Waals surface area contributed by atoms with Gasteiger partial charge in [-0.2, -0.15) is 0 Å². The van der Waals surface area contributed by atoms with Crippen LogP contribution >= 0.6 is 0 Å². The van der Waals surface area contributed by atoms with Gasteiger partial charge in [0.05, 0.1) is 11.3 Å². The van der Waals surface area contributed by atoms with Crippen molar-refractivity contribution in [2.75, 3.05) is 11.5 Å². The Morgan fingerprint density at radius 3 is 2.50 bits per heavy atom. The molecule has 9 heteroatoms. The molecule has 0 amide bonds. The molecule has 3 heterocycles. The van der Waals surface area contributed by atoms with Crippen LogP contribution in [0.4, 0.5) is 5.82 Å². The van der Waals surface area contributed by atoms with Crippen molar-refractivity contribution < 1.29 is 8.42 Å². The number of aryl methyl sites for hydroxylation is 4. The second kappa shape index (κ2) is 8.22. The summed E-state index contributed by atoms with van der Waals surface area (Å²) in [6.07, 6.45) is 5.91. The average molecular weight is 403 g/mol. The Morgan fingerprint density at radius 1 is 1.11 bits per heavy atom. The van der Waals surface area contributed by atoms with Crippen LogP contribution in [0.1, 0.15) is 43.3 Å². The van der Waals surface area contributed by atoms with Gasteiger partial charge >= 0.3 is 0 Å². The lowest BCUT2D eigenvalue weighted by Gasteiger charge is -2.11. The summed E-state index contributed by atoms with van der Waals surface area (Å²) in [5.41, 5.74) is 9.78. The van der Waals surface area contributed by atoms with Gasteiger partial charge in [-0.1, -0.05) is 6.92 Å². The number of nitrogens with two attached hydrogens (primary N) is 1. The molecule has 28 heavy (non-hydrogen) atoms. The van der Waals surface area contributed by atoms with E-state index in [1.807, 2.05) is 13.8 Å². The summed E-state index contributed by atoms with van der Waals surface area (Å²) in [5, 5.41) is -0.111. The van der Waals surface area contributed by atoms with Crippen LogP contribution in [0.3, 0.4) is 0 Å². The minimum absolute atomic E-state index is 0.0223. The topological polar surface area (TPSA) is 117 Å². The van der Waals surface area contributed by atoms with E-state index in [1.54, 1.807) is 6.07 Å². The van der Waals surface area contributed by atoms with Crippen LogP contribution in [0.25, 0.3) is 11.0 Å². The first-order valence-electron chi connectivity index (χ1n) is 9.46. The molecular weight excluding hydrogens is 376 g/mol. The molecular formula is C19H26N6O2S. The summed E-state index contributed by atoms with van der Waals surface area (Å²) < 4.78 is 26.9. The summed E-state index contributed by atoms with van der Waals surface area (Å²) in [7, 11) is -3.46. The number of nitrogen functional groups attached to an aromatic ring is 1. The van der Waals surface area contributed by atoms with Gasteiger partial charge in [0.25, 0.3) is 0 Å². The van der Waals surface area contributed by atoms with Crippen LogP contribution in [-0.2, 0) is 22.8 Å². The molecule has 0 bridgehead atoms. The van der Waals surface area contributed by atoms with E-state index in [-0.39, 0.29) is 10.9 Å². The first-order chi connectivity index (χ1) is 13.3. The highest BCUT2D eigenvalue weighted by Gasteiger charge is 2.19. The van der Waals surface area contributed by atoms with Crippen molar-refractivity contribution in [3.8, 4) is 0 Å². The van der Waals surface area contributed by atoms with Crippen LogP contribution in [-0.4, -0.2) is 38.7 Å². The van der Waals surface area contributed by atoms with Gasteiger partial charge in [-0.05, 0) is 44.7 Å². The first-order valence-corrected chi connectivity index (χ1v) is 11.1. The van der Waals surface area contributed by atoms with Crippen molar-refractivity contribution in [3.63, 3.8) is 0 Å². The summed E-state index contributed by atoms with van der Waals surface area (Å²) in [5.74, 6) is 1.43. The molecule has 0 fully saturated rings. The molecule has 3 aromatic rings. The molecule has 0 aromatic carbocycles. The fourth-order valence-corrected chi connectivity index (χ4v) is 4.51. The quantitative estimate of drug-likeness (QED) is 0.454. The first kappa shape index (κ1) is 20.2. The fraction of sp³-hybridized carbons (Fsp3) is 0.474. The number of hydrogen-bond acceptors (Lipinski definition) is 7. The van der Waals surface area contributed by atoms with Crippen LogP contribution in [0.15, 0.2) is 23.6 Å². The van der Waals surface area contributed by atoms with Gasteiger partial charge in [-0.15, -0.1) is 0 Å². The van der Waals surface area contributed by atoms with Gasteiger partial charge < -0.3 is 10.3 Å². The molecule has 8 nitrogen and oxygen atoms in total. The highest BCUT2D eigenvalue weighted by Crippen LogP contribution is 2.27. The molecule has 3 aromatic heterocycles. The van der Waals surface area contributed by atoms with E-state index in [0.717, 1.165) is 41.0 Å². The van der Waals surface area contributed by atoms with Gasteiger partial charge in [0.2, 0.25) is 15.0 Å². The summed E-state index contributed by atoms with van der Waals surface area (Å²) in [6, 6.07) is 1.60.